The van der Waals surface area contributed by atoms with E-state index < -0.39 is 0 Å². The Labute approximate surface area is 143 Å². The molecule has 0 N–H and O–H groups in total. The Morgan fingerprint density at radius 2 is 1.61 bits per heavy atom. The molecule has 2 heteroatoms. The SMILES string of the molecule is C=C(/N=C(C)/C(C)=N/C(=C)C(C)CCC#CC)/C(C)=C\C(C)C. The Hall–Kier alpha value is -1.88. The van der Waals surface area contributed by atoms with Crippen molar-refractivity contribution in [3.8, 4) is 11.8 Å². The van der Waals surface area contributed by atoms with Crippen LogP contribution in [0.25, 0.3) is 0 Å². The van der Waals surface area contributed by atoms with Gasteiger partial charge in [-0.05, 0) is 51.5 Å². The van der Waals surface area contributed by atoms with Gasteiger partial charge in [0.15, 0.2) is 0 Å². The van der Waals surface area contributed by atoms with Crippen molar-refractivity contribution < 1.29 is 0 Å². The first-order chi connectivity index (χ1) is 10.7. The van der Waals surface area contributed by atoms with Crippen molar-refractivity contribution in [1.82, 2.24) is 0 Å². The van der Waals surface area contributed by atoms with E-state index >= 15 is 0 Å². The van der Waals surface area contributed by atoms with Gasteiger partial charge in [0.2, 0.25) is 0 Å². The van der Waals surface area contributed by atoms with Crippen molar-refractivity contribution >= 4 is 11.4 Å². The van der Waals surface area contributed by atoms with Crippen molar-refractivity contribution in [2.75, 3.05) is 0 Å². The molecular weight excluding hydrogens is 280 g/mol. The third kappa shape index (κ3) is 8.98. The third-order valence-electron chi connectivity index (χ3n) is 3.62. The van der Waals surface area contributed by atoms with Gasteiger partial charge in [-0.25, -0.2) is 0 Å². The summed E-state index contributed by atoms with van der Waals surface area (Å²) in [6, 6.07) is 0. The Morgan fingerprint density at radius 3 is 2.13 bits per heavy atom. The molecule has 1 atom stereocenters. The maximum absolute atomic E-state index is 4.61. The molecule has 0 rings (SSSR count). The summed E-state index contributed by atoms with van der Waals surface area (Å²) < 4.78 is 0. The normalized spacial score (nSPS) is 14.3. The molecule has 0 aromatic rings. The number of hydrogen-bond donors (Lipinski definition) is 0. The lowest BCUT2D eigenvalue weighted by molar-refractivity contribution is 0.624. The predicted octanol–water partition coefficient (Wildman–Crippen LogP) is 5.98. The molecule has 0 radical (unpaired) electrons. The first-order valence-electron chi connectivity index (χ1n) is 8.26. The molecule has 0 saturated heterocycles. The highest BCUT2D eigenvalue weighted by Gasteiger charge is 2.07. The monoisotopic (exact) mass is 312 g/mol. The summed E-state index contributed by atoms with van der Waals surface area (Å²) in [4.78, 5) is 9.19. The van der Waals surface area contributed by atoms with Crippen LogP contribution in [0.4, 0.5) is 0 Å². The number of nitrogens with zero attached hydrogens (tertiary/aromatic N) is 2. The second kappa shape index (κ2) is 10.8. The van der Waals surface area contributed by atoms with Crippen LogP contribution >= 0.6 is 0 Å². The molecule has 0 aliphatic heterocycles. The van der Waals surface area contributed by atoms with Gasteiger partial charge in [0.1, 0.15) is 0 Å². The van der Waals surface area contributed by atoms with Crippen molar-refractivity contribution in [1.29, 1.82) is 0 Å². The molecule has 0 heterocycles. The molecule has 0 aromatic heterocycles. The molecule has 0 amide bonds. The summed E-state index contributed by atoms with van der Waals surface area (Å²) in [5, 5.41) is 0. The third-order valence-corrected chi connectivity index (χ3v) is 3.62. The molecule has 23 heavy (non-hydrogen) atoms. The molecule has 1 unspecified atom stereocenters. The van der Waals surface area contributed by atoms with E-state index in [4.69, 9.17) is 0 Å². The van der Waals surface area contributed by atoms with Gasteiger partial charge < -0.3 is 0 Å². The second-order valence-electron chi connectivity index (χ2n) is 6.29. The Kier molecular flexibility index (Phi) is 9.90. The van der Waals surface area contributed by atoms with E-state index in [1.54, 1.807) is 0 Å². The minimum absolute atomic E-state index is 0.323. The number of rotatable bonds is 8. The first kappa shape index (κ1) is 21.1. The van der Waals surface area contributed by atoms with Crippen LogP contribution in [0.15, 0.2) is 46.2 Å². The van der Waals surface area contributed by atoms with E-state index in [2.05, 4.69) is 61.8 Å². The lowest BCUT2D eigenvalue weighted by atomic mass is 10.0. The largest absolute Gasteiger partial charge is 0.257 e. The molecule has 0 aliphatic rings. The quantitative estimate of drug-likeness (QED) is 0.299. The molecule has 0 saturated carbocycles. The Balaban J connectivity index is 4.94. The van der Waals surface area contributed by atoms with Gasteiger partial charge in [0, 0.05) is 12.1 Å². The average molecular weight is 313 g/mol. The van der Waals surface area contributed by atoms with Crippen LogP contribution in [0, 0.1) is 23.7 Å². The predicted molar refractivity (Wildman–Crippen MR) is 105 cm³/mol. The van der Waals surface area contributed by atoms with Crippen LogP contribution in [0.2, 0.25) is 0 Å². The van der Waals surface area contributed by atoms with E-state index in [1.165, 1.54) is 0 Å². The van der Waals surface area contributed by atoms with Crippen LogP contribution in [0.1, 0.15) is 61.3 Å². The molecule has 0 spiro atoms. The molecule has 0 aliphatic carbocycles. The van der Waals surface area contributed by atoms with Crippen LogP contribution < -0.4 is 0 Å². The highest BCUT2D eigenvalue weighted by Crippen LogP contribution is 2.17. The Bertz CT molecular complexity index is 575. The van der Waals surface area contributed by atoms with E-state index in [9.17, 15) is 0 Å². The zero-order valence-corrected chi connectivity index (χ0v) is 16.0. The zero-order chi connectivity index (χ0) is 18.0. The van der Waals surface area contributed by atoms with Gasteiger partial charge in [-0.2, -0.15) is 0 Å². The molecule has 0 fully saturated rings. The maximum Gasteiger partial charge on any atom is 0.0591 e. The summed E-state index contributed by atoms with van der Waals surface area (Å²) in [5.41, 5.74) is 4.56. The first-order valence-corrected chi connectivity index (χ1v) is 8.26. The molecule has 0 bridgehead atoms. The van der Waals surface area contributed by atoms with Gasteiger partial charge in [0.05, 0.1) is 17.1 Å². The van der Waals surface area contributed by atoms with E-state index in [1.807, 2.05) is 27.7 Å². The molecular formula is C21H32N2. The highest BCUT2D eigenvalue weighted by atomic mass is 14.8. The van der Waals surface area contributed by atoms with Gasteiger partial charge >= 0.3 is 0 Å². The van der Waals surface area contributed by atoms with Crippen LogP contribution in [0.3, 0.4) is 0 Å². The smallest absolute Gasteiger partial charge is 0.0591 e. The van der Waals surface area contributed by atoms with Crippen LogP contribution in [-0.2, 0) is 0 Å². The summed E-state index contributed by atoms with van der Waals surface area (Å²) in [6.07, 6.45) is 4.03. The van der Waals surface area contributed by atoms with Gasteiger partial charge in [-0.3, -0.25) is 9.98 Å². The van der Waals surface area contributed by atoms with E-state index in [0.717, 1.165) is 41.2 Å². The highest BCUT2D eigenvalue weighted by molar-refractivity contribution is 6.41. The average Bonchev–Trinajstić information content (AvgIpc) is 2.46. The topological polar surface area (TPSA) is 24.7 Å². The number of aliphatic imine (C=N–C) groups is 2. The second-order valence-corrected chi connectivity index (χ2v) is 6.29. The van der Waals surface area contributed by atoms with Crippen molar-refractivity contribution in [3.05, 3.63) is 36.2 Å². The lowest BCUT2D eigenvalue weighted by Crippen LogP contribution is -2.08. The van der Waals surface area contributed by atoms with Crippen molar-refractivity contribution in [3.63, 3.8) is 0 Å². The van der Waals surface area contributed by atoms with Crippen LogP contribution in [-0.4, -0.2) is 11.4 Å². The fourth-order valence-electron chi connectivity index (χ4n) is 1.95. The molecule has 126 valence electrons. The van der Waals surface area contributed by atoms with Crippen molar-refractivity contribution in [2.24, 2.45) is 21.8 Å². The van der Waals surface area contributed by atoms with Gasteiger partial charge in [0.25, 0.3) is 0 Å². The van der Waals surface area contributed by atoms with Crippen molar-refractivity contribution in [2.45, 2.75) is 61.3 Å². The van der Waals surface area contributed by atoms with Crippen LogP contribution in [0.5, 0.6) is 0 Å². The van der Waals surface area contributed by atoms with Gasteiger partial charge in [-0.1, -0.05) is 40.0 Å². The number of hydrogen-bond acceptors (Lipinski definition) is 2. The minimum atomic E-state index is 0.323. The summed E-state index contributed by atoms with van der Waals surface area (Å²) in [6.45, 7) is 22.4. The maximum atomic E-state index is 4.61. The fraction of sp³-hybridized carbons (Fsp3) is 0.524. The van der Waals surface area contributed by atoms with E-state index in [-0.39, 0.29) is 0 Å². The fourth-order valence-corrected chi connectivity index (χ4v) is 1.95. The zero-order valence-electron chi connectivity index (χ0n) is 16.0. The lowest BCUT2D eigenvalue weighted by Gasteiger charge is -2.11. The summed E-state index contributed by atoms with van der Waals surface area (Å²) >= 11 is 0. The van der Waals surface area contributed by atoms with E-state index in [0.29, 0.717) is 11.8 Å². The summed E-state index contributed by atoms with van der Waals surface area (Å²) in [7, 11) is 0. The standard InChI is InChI=1S/C21H32N2/c1-10-11-12-13-16(4)18(6)22-20(8)21(9)23-19(7)17(5)14-15(2)3/h14-16H,6-7,12-13H2,1-5,8-9H3/b17-14-,22-20+,23-21+. The molecule has 2 nitrogen and oxygen atoms in total. The minimum Gasteiger partial charge on any atom is -0.257 e. The Morgan fingerprint density at radius 1 is 1.04 bits per heavy atom. The summed E-state index contributed by atoms with van der Waals surface area (Å²) in [5.74, 6) is 6.81. The number of allylic oxidation sites excluding steroid dienone is 3. The molecule has 0 aromatic carbocycles. The van der Waals surface area contributed by atoms with Gasteiger partial charge in [-0.15, -0.1) is 11.8 Å².